The van der Waals surface area contributed by atoms with E-state index in [2.05, 4.69) is 16.4 Å². The van der Waals surface area contributed by atoms with Crippen LogP contribution in [-0.2, 0) is 6.18 Å². The Labute approximate surface area is 188 Å². The van der Waals surface area contributed by atoms with Crippen LogP contribution in [0.15, 0.2) is 54.6 Å². The number of alkyl halides is 3. The summed E-state index contributed by atoms with van der Waals surface area (Å²) >= 11 is 0. The van der Waals surface area contributed by atoms with Crippen molar-refractivity contribution in [3.05, 3.63) is 65.7 Å². The lowest BCUT2D eigenvalue weighted by Gasteiger charge is -2.27. The first-order chi connectivity index (χ1) is 15.8. The smallest absolute Gasteiger partial charge is 0.393 e. The van der Waals surface area contributed by atoms with Gasteiger partial charge < -0.3 is 10.4 Å². The molecule has 1 fully saturated rings. The van der Waals surface area contributed by atoms with Gasteiger partial charge in [-0.15, -0.1) is 0 Å². The molecule has 0 atom stereocenters. The number of aromatic nitrogens is 2. The van der Waals surface area contributed by atoms with Crippen molar-refractivity contribution in [1.82, 2.24) is 9.38 Å². The zero-order valence-corrected chi connectivity index (χ0v) is 17.6. The van der Waals surface area contributed by atoms with Gasteiger partial charge in [0.05, 0.1) is 22.7 Å². The number of benzene rings is 2. The maximum Gasteiger partial charge on any atom is 0.416 e. The lowest BCUT2D eigenvalue weighted by atomic mass is 9.93. The summed E-state index contributed by atoms with van der Waals surface area (Å²) in [6, 6.07) is 16.5. The molecule has 0 aliphatic heterocycles. The van der Waals surface area contributed by atoms with E-state index < -0.39 is 11.7 Å². The summed E-state index contributed by atoms with van der Waals surface area (Å²) in [5.74, 6) is 0.717. The van der Waals surface area contributed by atoms with Crippen molar-refractivity contribution < 1.29 is 18.3 Å². The van der Waals surface area contributed by atoms with Crippen LogP contribution in [0.2, 0.25) is 0 Å². The second kappa shape index (κ2) is 8.09. The summed E-state index contributed by atoms with van der Waals surface area (Å²) in [7, 11) is 0. The molecule has 0 bridgehead atoms. The first-order valence-corrected chi connectivity index (χ1v) is 10.8. The molecule has 0 radical (unpaired) electrons. The number of nitriles is 1. The number of nitrogens with one attached hydrogen (secondary N) is 1. The number of hydrogen-bond donors (Lipinski definition) is 2. The first-order valence-electron chi connectivity index (χ1n) is 10.8. The van der Waals surface area contributed by atoms with Crippen molar-refractivity contribution in [1.29, 1.82) is 5.26 Å². The number of imidazole rings is 1. The topological polar surface area (TPSA) is 73.3 Å². The van der Waals surface area contributed by atoms with E-state index >= 15 is 0 Å². The zero-order valence-electron chi connectivity index (χ0n) is 17.6. The molecular weight excluding hydrogens is 429 g/mol. The van der Waals surface area contributed by atoms with Crippen molar-refractivity contribution in [2.45, 2.75) is 44.0 Å². The van der Waals surface area contributed by atoms with Crippen LogP contribution >= 0.6 is 0 Å². The number of pyridine rings is 1. The van der Waals surface area contributed by atoms with E-state index in [0.717, 1.165) is 36.0 Å². The molecule has 0 spiro atoms. The van der Waals surface area contributed by atoms with Crippen molar-refractivity contribution in [2.75, 3.05) is 5.32 Å². The predicted molar refractivity (Wildman–Crippen MR) is 120 cm³/mol. The number of para-hydroxylation sites is 2. The molecule has 2 aromatic carbocycles. The van der Waals surface area contributed by atoms with Gasteiger partial charge in [0.1, 0.15) is 17.5 Å². The van der Waals surface area contributed by atoms with Crippen molar-refractivity contribution >= 4 is 22.5 Å². The highest BCUT2D eigenvalue weighted by molar-refractivity contribution is 5.89. The Kier molecular flexibility index (Phi) is 5.22. The summed E-state index contributed by atoms with van der Waals surface area (Å²) in [5.41, 5.74) is 2.60. The molecule has 1 saturated carbocycles. The molecular formula is C25H21F3N4O. The third-order valence-corrected chi connectivity index (χ3v) is 6.26. The summed E-state index contributed by atoms with van der Waals surface area (Å²) in [5, 5.41) is 23.4. The molecule has 5 nitrogen and oxygen atoms in total. The standard InChI is InChI=1S/C25H21F3N4O/c26-25(27,28)16-7-5-15(6-8-16)19-13-23(30-17-9-11-18(33)12-10-17)32-22-4-2-1-3-21(22)31-24(32)20(19)14-29/h1-8,13,17-18,30,33H,9-12H2. The van der Waals surface area contributed by atoms with Gasteiger partial charge >= 0.3 is 6.18 Å². The molecule has 8 heteroatoms. The average molecular weight is 450 g/mol. The molecule has 0 amide bonds. The predicted octanol–water partition coefficient (Wildman–Crippen LogP) is 5.76. The lowest BCUT2D eigenvalue weighted by molar-refractivity contribution is -0.137. The fraction of sp³-hybridized carbons (Fsp3) is 0.280. The molecule has 2 aromatic heterocycles. The number of anilines is 1. The molecule has 1 aliphatic carbocycles. The molecule has 5 rings (SSSR count). The summed E-state index contributed by atoms with van der Waals surface area (Å²) in [6.07, 6.45) is -1.72. The van der Waals surface area contributed by atoms with Crippen LogP contribution in [0.3, 0.4) is 0 Å². The van der Waals surface area contributed by atoms with Crippen molar-refractivity contribution in [3.63, 3.8) is 0 Å². The molecule has 0 saturated heterocycles. The average Bonchev–Trinajstić information content (AvgIpc) is 3.19. The van der Waals surface area contributed by atoms with E-state index in [4.69, 9.17) is 0 Å². The quantitative estimate of drug-likeness (QED) is 0.416. The number of nitrogens with zero attached hydrogens (tertiary/aromatic N) is 3. The minimum absolute atomic E-state index is 0.131. The Morgan fingerprint density at radius 3 is 2.39 bits per heavy atom. The molecule has 1 aliphatic rings. The van der Waals surface area contributed by atoms with E-state index in [1.807, 2.05) is 34.7 Å². The fourth-order valence-electron chi connectivity index (χ4n) is 4.54. The Hall–Kier alpha value is -3.57. The van der Waals surface area contributed by atoms with Crippen LogP contribution < -0.4 is 5.32 Å². The molecule has 0 unspecified atom stereocenters. The minimum atomic E-state index is -4.43. The molecule has 4 aromatic rings. The van der Waals surface area contributed by atoms with Crippen LogP contribution in [0.1, 0.15) is 36.8 Å². The van der Waals surface area contributed by atoms with Gasteiger partial charge in [-0.1, -0.05) is 24.3 Å². The maximum atomic E-state index is 13.1. The molecule has 2 N–H and O–H groups in total. The van der Waals surface area contributed by atoms with Crippen LogP contribution in [0.5, 0.6) is 0 Å². The van der Waals surface area contributed by atoms with Crippen LogP contribution in [0.25, 0.3) is 27.8 Å². The fourth-order valence-corrected chi connectivity index (χ4v) is 4.54. The van der Waals surface area contributed by atoms with E-state index in [-0.39, 0.29) is 12.1 Å². The van der Waals surface area contributed by atoms with Gasteiger partial charge in [0.25, 0.3) is 0 Å². The number of fused-ring (bicyclic) bond motifs is 3. The highest BCUT2D eigenvalue weighted by Crippen LogP contribution is 2.36. The summed E-state index contributed by atoms with van der Waals surface area (Å²) in [6.45, 7) is 0. The third kappa shape index (κ3) is 3.89. The van der Waals surface area contributed by atoms with Gasteiger partial charge in [0, 0.05) is 11.6 Å². The molecule has 2 heterocycles. The Bertz CT molecular complexity index is 1360. The minimum Gasteiger partial charge on any atom is -0.393 e. The summed E-state index contributed by atoms with van der Waals surface area (Å²) in [4.78, 5) is 4.68. The van der Waals surface area contributed by atoms with Crippen LogP contribution in [-0.4, -0.2) is 26.6 Å². The first kappa shape index (κ1) is 21.3. The lowest BCUT2D eigenvalue weighted by Crippen LogP contribution is -2.29. The van der Waals surface area contributed by atoms with E-state index in [9.17, 15) is 23.5 Å². The largest absolute Gasteiger partial charge is 0.416 e. The molecule has 33 heavy (non-hydrogen) atoms. The highest BCUT2D eigenvalue weighted by Gasteiger charge is 2.30. The second-order valence-electron chi connectivity index (χ2n) is 8.41. The van der Waals surface area contributed by atoms with Crippen LogP contribution in [0, 0.1) is 11.3 Å². The van der Waals surface area contributed by atoms with E-state index in [1.54, 1.807) is 0 Å². The third-order valence-electron chi connectivity index (χ3n) is 6.26. The Morgan fingerprint density at radius 1 is 1.03 bits per heavy atom. The second-order valence-corrected chi connectivity index (χ2v) is 8.41. The number of hydrogen-bond acceptors (Lipinski definition) is 4. The van der Waals surface area contributed by atoms with Crippen LogP contribution in [0.4, 0.5) is 19.0 Å². The normalized spacial score (nSPS) is 19.0. The highest BCUT2D eigenvalue weighted by atomic mass is 19.4. The monoisotopic (exact) mass is 450 g/mol. The maximum absolute atomic E-state index is 13.1. The van der Waals surface area contributed by atoms with Crippen molar-refractivity contribution in [3.8, 4) is 17.2 Å². The SMILES string of the molecule is N#Cc1c(-c2ccc(C(F)(F)F)cc2)cc(NC2CCC(O)CC2)n2c1nc1ccccc12. The van der Waals surface area contributed by atoms with Gasteiger partial charge in [-0.25, -0.2) is 4.98 Å². The van der Waals surface area contributed by atoms with Gasteiger partial charge in [-0.3, -0.25) is 4.40 Å². The number of rotatable bonds is 3. The molecule has 168 valence electrons. The van der Waals surface area contributed by atoms with Gasteiger partial charge in [-0.05, 0) is 61.6 Å². The van der Waals surface area contributed by atoms with E-state index in [1.165, 1.54) is 12.1 Å². The van der Waals surface area contributed by atoms with E-state index in [0.29, 0.717) is 41.0 Å². The summed E-state index contributed by atoms with van der Waals surface area (Å²) < 4.78 is 41.1. The zero-order chi connectivity index (χ0) is 23.2. The number of aliphatic hydroxyl groups excluding tert-OH is 1. The Morgan fingerprint density at radius 2 is 1.73 bits per heavy atom. The van der Waals surface area contributed by atoms with Gasteiger partial charge in [0.15, 0.2) is 5.65 Å². The van der Waals surface area contributed by atoms with Gasteiger partial charge in [0.2, 0.25) is 0 Å². The Balaban J connectivity index is 1.69. The van der Waals surface area contributed by atoms with Gasteiger partial charge in [-0.2, -0.15) is 18.4 Å². The number of halogens is 3. The number of aliphatic hydroxyl groups is 1. The van der Waals surface area contributed by atoms with Crippen molar-refractivity contribution in [2.24, 2.45) is 0 Å².